The van der Waals surface area contributed by atoms with Gasteiger partial charge in [0.15, 0.2) is 0 Å². The average Bonchev–Trinajstić information content (AvgIpc) is 2.47. The summed E-state index contributed by atoms with van der Waals surface area (Å²) in [5.41, 5.74) is -0.0402. The van der Waals surface area contributed by atoms with Gasteiger partial charge in [-0.2, -0.15) is 0 Å². The lowest BCUT2D eigenvalue weighted by atomic mass is 9.76. The molecule has 0 saturated heterocycles. The number of benzene rings is 1. The predicted octanol–water partition coefficient (Wildman–Crippen LogP) is 1.94. The molecule has 3 N–H and O–H groups in total. The molecule has 0 heterocycles. The van der Waals surface area contributed by atoms with E-state index in [4.69, 9.17) is 5.11 Å². The SMILES string of the molecule is CC1CCCC(NC(=O)c2ccc(CO)cc2)(C(=O)O)C1. The molecule has 1 aromatic carbocycles. The Bertz CT molecular complexity index is 526. The van der Waals surface area contributed by atoms with Crippen molar-refractivity contribution in [2.45, 2.75) is 44.8 Å². The molecule has 0 bridgehead atoms. The molecule has 2 unspecified atom stereocenters. The zero-order chi connectivity index (χ0) is 15.5. The quantitative estimate of drug-likeness (QED) is 0.791. The highest BCUT2D eigenvalue weighted by Crippen LogP contribution is 2.32. The lowest BCUT2D eigenvalue weighted by Gasteiger charge is -2.37. The first kappa shape index (κ1) is 15.5. The molecule has 114 valence electrons. The van der Waals surface area contributed by atoms with Gasteiger partial charge in [-0.25, -0.2) is 4.79 Å². The molecular weight excluding hydrogens is 270 g/mol. The third kappa shape index (κ3) is 3.42. The normalized spacial score (nSPS) is 25.3. The molecule has 1 saturated carbocycles. The monoisotopic (exact) mass is 291 g/mol. The largest absolute Gasteiger partial charge is 0.480 e. The Morgan fingerprint density at radius 3 is 2.52 bits per heavy atom. The van der Waals surface area contributed by atoms with Crippen LogP contribution in [0.2, 0.25) is 0 Å². The zero-order valence-corrected chi connectivity index (χ0v) is 12.1. The van der Waals surface area contributed by atoms with Crippen molar-refractivity contribution in [2.24, 2.45) is 5.92 Å². The highest BCUT2D eigenvalue weighted by molar-refractivity contribution is 5.97. The van der Waals surface area contributed by atoms with Crippen molar-refractivity contribution in [2.75, 3.05) is 0 Å². The summed E-state index contributed by atoms with van der Waals surface area (Å²) in [4.78, 5) is 23.9. The molecule has 0 radical (unpaired) electrons. The van der Waals surface area contributed by atoms with Gasteiger partial charge < -0.3 is 15.5 Å². The van der Waals surface area contributed by atoms with Gasteiger partial charge in [0, 0.05) is 5.56 Å². The number of hydrogen-bond acceptors (Lipinski definition) is 3. The Kier molecular flexibility index (Phi) is 4.63. The molecule has 1 fully saturated rings. The van der Waals surface area contributed by atoms with E-state index in [2.05, 4.69) is 5.32 Å². The van der Waals surface area contributed by atoms with Gasteiger partial charge in [0.1, 0.15) is 5.54 Å². The van der Waals surface area contributed by atoms with Crippen molar-refractivity contribution in [1.29, 1.82) is 0 Å². The van der Waals surface area contributed by atoms with Crippen LogP contribution in [0.1, 0.15) is 48.5 Å². The number of carbonyl (C=O) groups excluding carboxylic acids is 1. The highest BCUT2D eigenvalue weighted by atomic mass is 16.4. The number of rotatable bonds is 4. The van der Waals surface area contributed by atoms with Crippen molar-refractivity contribution in [3.63, 3.8) is 0 Å². The third-order valence-electron chi connectivity index (χ3n) is 4.16. The van der Waals surface area contributed by atoms with Gasteiger partial charge in [-0.3, -0.25) is 4.79 Å². The minimum atomic E-state index is -1.16. The number of hydrogen-bond donors (Lipinski definition) is 3. The fourth-order valence-electron chi connectivity index (χ4n) is 2.96. The summed E-state index contributed by atoms with van der Waals surface area (Å²) in [6, 6.07) is 6.52. The van der Waals surface area contributed by atoms with E-state index in [1.54, 1.807) is 24.3 Å². The standard InChI is InChI=1S/C16H21NO4/c1-11-3-2-8-16(9-11,15(20)21)17-14(19)13-6-4-12(10-18)5-7-13/h4-7,11,18H,2-3,8-10H2,1H3,(H,17,19)(H,20,21). The Labute approximate surface area is 124 Å². The van der Waals surface area contributed by atoms with Crippen LogP contribution in [0.5, 0.6) is 0 Å². The second-order valence-corrected chi connectivity index (χ2v) is 5.90. The number of carboxylic acid groups (broad SMARTS) is 1. The van der Waals surface area contributed by atoms with Crippen molar-refractivity contribution in [3.05, 3.63) is 35.4 Å². The molecule has 1 aromatic rings. The number of carboxylic acids is 1. The van der Waals surface area contributed by atoms with Crippen LogP contribution in [0, 0.1) is 5.92 Å². The van der Waals surface area contributed by atoms with Crippen LogP contribution in [-0.4, -0.2) is 27.6 Å². The van der Waals surface area contributed by atoms with E-state index in [-0.39, 0.29) is 18.4 Å². The Balaban J connectivity index is 2.16. The van der Waals surface area contributed by atoms with Crippen LogP contribution >= 0.6 is 0 Å². The van der Waals surface area contributed by atoms with Crippen LogP contribution in [-0.2, 0) is 11.4 Å². The van der Waals surface area contributed by atoms with E-state index in [1.807, 2.05) is 6.92 Å². The number of aliphatic carboxylic acids is 1. The van der Waals surface area contributed by atoms with Gasteiger partial charge >= 0.3 is 5.97 Å². The maximum absolute atomic E-state index is 12.3. The van der Waals surface area contributed by atoms with E-state index >= 15 is 0 Å². The molecule has 1 aliphatic rings. The lowest BCUT2D eigenvalue weighted by molar-refractivity contribution is -0.146. The van der Waals surface area contributed by atoms with Gasteiger partial charge in [-0.15, -0.1) is 0 Å². The molecule has 0 aliphatic heterocycles. The predicted molar refractivity (Wildman–Crippen MR) is 77.8 cm³/mol. The zero-order valence-electron chi connectivity index (χ0n) is 12.1. The molecule has 0 spiro atoms. The molecule has 5 nitrogen and oxygen atoms in total. The average molecular weight is 291 g/mol. The van der Waals surface area contributed by atoms with Gasteiger partial charge in [0.05, 0.1) is 6.61 Å². The Morgan fingerprint density at radius 2 is 2.00 bits per heavy atom. The van der Waals surface area contributed by atoms with Gasteiger partial charge in [0.2, 0.25) is 0 Å². The minimum absolute atomic E-state index is 0.0848. The van der Waals surface area contributed by atoms with Crippen LogP contribution < -0.4 is 5.32 Å². The summed E-state index contributed by atoms with van der Waals surface area (Å²) in [5.74, 6) is -1.06. The topological polar surface area (TPSA) is 86.6 Å². The second kappa shape index (κ2) is 6.26. The number of aliphatic hydroxyl groups is 1. The first-order valence-corrected chi connectivity index (χ1v) is 7.22. The maximum Gasteiger partial charge on any atom is 0.329 e. The van der Waals surface area contributed by atoms with Crippen molar-refractivity contribution >= 4 is 11.9 Å². The first-order valence-electron chi connectivity index (χ1n) is 7.22. The summed E-state index contributed by atoms with van der Waals surface area (Å²) >= 11 is 0. The first-order chi connectivity index (χ1) is 9.97. The van der Waals surface area contributed by atoms with Gasteiger partial charge in [-0.1, -0.05) is 31.9 Å². The van der Waals surface area contributed by atoms with Gasteiger partial charge in [0.25, 0.3) is 5.91 Å². The third-order valence-corrected chi connectivity index (χ3v) is 4.16. The molecule has 2 rings (SSSR count). The molecule has 1 amide bonds. The fraction of sp³-hybridized carbons (Fsp3) is 0.500. The van der Waals surface area contributed by atoms with E-state index < -0.39 is 11.5 Å². The molecular formula is C16H21NO4. The maximum atomic E-state index is 12.3. The summed E-state index contributed by atoms with van der Waals surface area (Å²) in [5, 5.41) is 21.2. The number of nitrogens with one attached hydrogen (secondary N) is 1. The fourth-order valence-corrected chi connectivity index (χ4v) is 2.96. The summed E-state index contributed by atoms with van der Waals surface area (Å²) in [6.07, 6.45) is 2.73. The van der Waals surface area contributed by atoms with Crippen LogP contribution in [0.15, 0.2) is 24.3 Å². The van der Waals surface area contributed by atoms with Crippen LogP contribution in [0.3, 0.4) is 0 Å². The summed E-state index contributed by atoms with van der Waals surface area (Å²) in [7, 11) is 0. The number of aliphatic hydroxyl groups excluding tert-OH is 1. The Morgan fingerprint density at radius 1 is 1.33 bits per heavy atom. The molecule has 5 heteroatoms. The van der Waals surface area contributed by atoms with E-state index in [1.165, 1.54) is 0 Å². The van der Waals surface area contributed by atoms with E-state index in [0.29, 0.717) is 24.0 Å². The smallest absolute Gasteiger partial charge is 0.329 e. The van der Waals surface area contributed by atoms with Crippen molar-refractivity contribution in [3.8, 4) is 0 Å². The molecule has 2 atom stereocenters. The van der Waals surface area contributed by atoms with Crippen molar-refractivity contribution < 1.29 is 19.8 Å². The van der Waals surface area contributed by atoms with Gasteiger partial charge in [-0.05, 0) is 36.5 Å². The van der Waals surface area contributed by atoms with E-state index in [0.717, 1.165) is 12.8 Å². The highest BCUT2D eigenvalue weighted by Gasteiger charge is 2.43. The summed E-state index contributed by atoms with van der Waals surface area (Å²) < 4.78 is 0. The summed E-state index contributed by atoms with van der Waals surface area (Å²) in [6.45, 7) is 1.93. The van der Waals surface area contributed by atoms with E-state index in [9.17, 15) is 14.7 Å². The Hall–Kier alpha value is -1.88. The molecule has 21 heavy (non-hydrogen) atoms. The molecule has 1 aliphatic carbocycles. The van der Waals surface area contributed by atoms with Crippen LogP contribution in [0.25, 0.3) is 0 Å². The van der Waals surface area contributed by atoms with Crippen LogP contribution in [0.4, 0.5) is 0 Å². The number of carbonyl (C=O) groups is 2. The lowest BCUT2D eigenvalue weighted by Crippen LogP contribution is -2.56. The molecule has 0 aromatic heterocycles. The second-order valence-electron chi connectivity index (χ2n) is 5.90. The number of amides is 1. The van der Waals surface area contributed by atoms with Crippen molar-refractivity contribution in [1.82, 2.24) is 5.32 Å². The minimum Gasteiger partial charge on any atom is -0.480 e.